The van der Waals surface area contributed by atoms with Crippen LogP contribution in [0.3, 0.4) is 0 Å². The Morgan fingerprint density at radius 3 is 2.76 bits per heavy atom. The molecule has 6 heteroatoms. The van der Waals surface area contributed by atoms with Crippen molar-refractivity contribution in [2.75, 3.05) is 18.4 Å². The number of aliphatic hydroxyl groups excluding tert-OH is 1. The van der Waals surface area contributed by atoms with Crippen LogP contribution in [-0.2, 0) is 4.84 Å². The average molecular weight is 257 g/mol. The van der Waals surface area contributed by atoms with Gasteiger partial charge in [0.15, 0.2) is 0 Å². The maximum atomic E-state index is 11.5. The zero-order valence-electron chi connectivity index (χ0n) is 9.10. The molecule has 92 valence electrons. The van der Waals surface area contributed by atoms with E-state index in [1.807, 2.05) is 0 Å². The maximum absolute atomic E-state index is 11.5. The van der Waals surface area contributed by atoms with Crippen molar-refractivity contribution < 1.29 is 14.7 Å². The minimum absolute atomic E-state index is 0.355. The molecule has 2 rings (SSSR count). The van der Waals surface area contributed by atoms with Gasteiger partial charge in [-0.1, -0.05) is 11.6 Å². The summed E-state index contributed by atoms with van der Waals surface area (Å²) in [5.41, 5.74) is 0.610. The minimum atomic E-state index is -0.568. The molecule has 1 aliphatic rings. The van der Waals surface area contributed by atoms with Crippen molar-refractivity contribution in [2.45, 2.75) is 12.5 Å². The molecule has 1 amide bonds. The summed E-state index contributed by atoms with van der Waals surface area (Å²) in [7, 11) is 0. The lowest BCUT2D eigenvalue weighted by Crippen LogP contribution is -2.28. The molecule has 0 aliphatic carbocycles. The number of carbonyl (C=O) groups excluding carboxylic acids is 1. The van der Waals surface area contributed by atoms with Crippen LogP contribution >= 0.6 is 11.6 Å². The predicted molar refractivity (Wildman–Crippen MR) is 63.8 cm³/mol. The number of hydrogen-bond acceptors (Lipinski definition) is 4. The molecule has 1 heterocycles. The molecule has 2 N–H and O–H groups in total. The van der Waals surface area contributed by atoms with Crippen molar-refractivity contribution >= 4 is 23.4 Å². The van der Waals surface area contributed by atoms with Crippen molar-refractivity contribution in [1.29, 1.82) is 0 Å². The largest absolute Gasteiger partial charge is 0.430 e. The normalized spacial score (nSPS) is 20.2. The minimum Gasteiger partial charge on any atom is -0.392 e. The number of carbonyl (C=O) groups is 1. The van der Waals surface area contributed by atoms with Gasteiger partial charge in [-0.15, -0.1) is 5.06 Å². The number of anilines is 1. The number of hydroxylamine groups is 2. The summed E-state index contributed by atoms with van der Waals surface area (Å²) in [6.07, 6.45) is -0.367. The molecule has 1 aromatic rings. The number of halogens is 1. The van der Waals surface area contributed by atoms with E-state index >= 15 is 0 Å². The summed E-state index contributed by atoms with van der Waals surface area (Å²) in [5, 5.41) is 13.9. The number of nitrogens with one attached hydrogen (secondary N) is 1. The third-order valence-electron chi connectivity index (χ3n) is 2.43. The van der Waals surface area contributed by atoms with Gasteiger partial charge in [0.2, 0.25) is 0 Å². The Balaban J connectivity index is 1.83. The van der Waals surface area contributed by atoms with Crippen LogP contribution in [0.25, 0.3) is 0 Å². The van der Waals surface area contributed by atoms with E-state index in [4.69, 9.17) is 16.4 Å². The summed E-state index contributed by atoms with van der Waals surface area (Å²) in [5.74, 6) is 0. The number of aliphatic hydroxyl groups is 1. The lowest BCUT2D eigenvalue weighted by molar-refractivity contribution is -0.0807. The third-order valence-corrected chi connectivity index (χ3v) is 2.68. The van der Waals surface area contributed by atoms with Gasteiger partial charge in [-0.2, -0.15) is 0 Å². The second-order valence-corrected chi connectivity index (χ2v) is 4.28. The molecule has 0 saturated carbocycles. The first-order valence-corrected chi connectivity index (χ1v) is 5.69. The van der Waals surface area contributed by atoms with E-state index in [0.717, 1.165) is 0 Å². The number of β-amino-alcohol motifs (C(OH)–C–C–N with tert-alkyl or cyclic N) is 1. The highest BCUT2D eigenvalue weighted by atomic mass is 35.5. The Morgan fingerprint density at radius 1 is 1.47 bits per heavy atom. The highest BCUT2D eigenvalue weighted by Gasteiger charge is 2.23. The van der Waals surface area contributed by atoms with Gasteiger partial charge in [-0.25, -0.2) is 4.79 Å². The van der Waals surface area contributed by atoms with Crippen LogP contribution in [0.5, 0.6) is 0 Å². The Morgan fingerprint density at radius 2 is 2.18 bits per heavy atom. The summed E-state index contributed by atoms with van der Waals surface area (Å²) >= 11 is 5.72. The predicted octanol–water partition coefficient (Wildman–Crippen LogP) is 1.87. The molecular formula is C11H13ClN2O3. The number of nitrogens with zero attached hydrogens (tertiary/aromatic N) is 1. The van der Waals surface area contributed by atoms with E-state index in [1.54, 1.807) is 24.3 Å². The molecule has 0 spiro atoms. The summed E-state index contributed by atoms with van der Waals surface area (Å²) < 4.78 is 0. The van der Waals surface area contributed by atoms with Gasteiger partial charge in [-0.05, 0) is 30.7 Å². The SMILES string of the molecule is O=C(Nc1ccc(Cl)cc1)ON1CCC(O)C1. The Kier molecular flexibility index (Phi) is 3.83. The van der Waals surface area contributed by atoms with E-state index in [1.165, 1.54) is 5.06 Å². The molecule has 5 nitrogen and oxygen atoms in total. The smallest absolute Gasteiger partial charge is 0.392 e. The lowest BCUT2D eigenvalue weighted by atomic mass is 10.3. The molecule has 1 fully saturated rings. The molecule has 1 aliphatic heterocycles. The monoisotopic (exact) mass is 256 g/mol. The van der Waals surface area contributed by atoms with Gasteiger partial charge < -0.3 is 9.94 Å². The molecule has 0 bridgehead atoms. The standard InChI is InChI=1S/C11H13ClN2O3/c12-8-1-3-9(4-2-8)13-11(16)17-14-6-5-10(15)7-14/h1-4,10,15H,5-7H2,(H,13,16). The van der Waals surface area contributed by atoms with Crippen LogP contribution in [0, 0.1) is 0 Å². The zero-order valence-corrected chi connectivity index (χ0v) is 9.85. The van der Waals surface area contributed by atoms with Crippen molar-refractivity contribution in [1.82, 2.24) is 5.06 Å². The number of rotatable bonds is 2. The van der Waals surface area contributed by atoms with E-state index in [2.05, 4.69) is 5.32 Å². The quantitative estimate of drug-likeness (QED) is 0.848. The fraction of sp³-hybridized carbons (Fsp3) is 0.364. The molecular weight excluding hydrogens is 244 g/mol. The van der Waals surface area contributed by atoms with Crippen molar-refractivity contribution in [3.8, 4) is 0 Å². The van der Waals surface area contributed by atoms with Gasteiger partial charge in [0.05, 0.1) is 12.6 Å². The molecule has 1 atom stereocenters. The first-order chi connectivity index (χ1) is 8.13. The molecule has 1 unspecified atom stereocenters. The van der Waals surface area contributed by atoms with E-state index in [9.17, 15) is 9.90 Å². The van der Waals surface area contributed by atoms with E-state index in [-0.39, 0.29) is 0 Å². The molecule has 1 aromatic carbocycles. The highest BCUT2D eigenvalue weighted by molar-refractivity contribution is 6.30. The fourth-order valence-electron chi connectivity index (χ4n) is 1.58. The van der Waals surface area contributed by atoms with Crippen LogP contribution in [-0.4, -0.2) is 35.5 Å². The van der Waals surface area contributed by atoms with E-state index in [0.29, 0.717) is 30.2 Å². The molecule has 17 heavy (non-hydrogen) atoms. The first-order valence-electron chi connectivity index (χ1n) is 5.31. The van der Waals surface area contributed by atoms with Gasteiger partial charge >= 0.3 is 6.09 Å². The number of amides is 1. The molecule has 0 aromatic heterocycles. The third kappa shape index (κ3) is 3.59. The Labute approximate surface area is 104 Å². The second-order valence-electron chi connectivity index (χ2n) is 3.84. The van der Waals surface area contributed by atoms with Crippen LogP contribution < -0.4 is 5.32 Å². The zero-order chi connectivity index (χ0) is 12.3. The highest BCUT2D eigenvalue weighted by Crippen LogP contribution is 2.14. The van der Waals surface area contributed by atoms with Crippen LogP contribution in [0.2, 0.25) is 5.02 Å². The number of benzene rings is 1. The van der Waals surface area contributed by atoms with Crippen molar-refractivity contribution in [3.63, 3.8) is 0 Å². The molecule has 1 saturated heterocycles. The second kappa shape index (κ2) is 5.35. The van der Waals surface area contributed by atoms with Crippen molar-refractivity contribution in [2.24, 2.45) is 0 Å². The average Bonchev–Trinajstić information content (AvgIpc) is 2.67. The lowest BCUT2D eigenvalue weighted by Gasteiger charge is -2.14. The van der Waals surface area contributed by atoms with Gasteiger partial charge in [-0.3, -0.25) is 5.32 Å². The number of hydrogen-bond donors (Lipinski definition) is 2. The topological polar surface area (TPSA) is 61.8 Å². The maximum Gasteiger partial charge on any atom is 0.430 e. The van der Waals surface area contributed by atoms with Crippen LogP contribution in [0.15, 0.2) is 24.3 Å². The first kappa shape index (κ1) is 12.2. The fourth-order valence-corrected chi connectivity index (χ4v) is 1.71. The summed E-state index contributed by atoms with van der Waals surface area (Å²) in [4.78, 5) is 16.5. The van der Waals surface area contributed by atoms with Gasteiger partial charge in [0.25, 0.3) is 0 Å². The van der Waals surface area contributed by atoms with Crippen molar-refractivity contribution in [3.05, 3.63) is 29.3 Å². The molecule has 0 radical (unpaired) electrons. The van der Waals surface area contributed by atoms with E-state index < -0.39 is 12.2 Å². The van der Waals surface area contributed by atoms with Gasteiger partial charge in [0, 0.05) is 17.3 Å². The Hall–Kier alpha value is -1.30. The van der Waals surface area contributed by atoms with Crippen LogP contribution in [0.1, 0.15) is 6.42 Å². The summed E-state index contributed by atoms with van der Waals surface area (Å²) in [6.45, 7) is 0.906. The van der Waals surface area contributed by atoms with Gasteiger partial charge in [0.1, 0.15) is 0 Å². The van der Waals surface area contributed by atoms with Crippen LogP contribution in [0.4, 0.5) is 10.5 Å². The summed E-state index contributed by atoms with van der Waals surface area (Å²) in [6, 6.07) is 6.72. The Bertz CT molecular complexity index is 396.